The second kappa shape index (κ2) is 14.9. The zero-order valence-corrected chi connectivity index (χ0v) is 27.9. The molecule has 46 heavy (non-hydrogen) atoms. The molecule has 0 radical (unpaired) electrons. The molecule has 6 atom stereocenters. The van der Waals surface area contributed by atoms with Gasteiger partial charge in [-0.1, -0.05) is 42.5 Å². The number of rotatable bonds is 16. The summed E-state index contributed by atoms with van der Waals surface area (Å²) in [5.74, 6) is -2.16. The summed E-state index contributed by atoms with van der Waals surface area (Å²) in [5.41, 5.74) is 2.74. The van der Waals surface area contributed by atoms with Gasteiger partial charge in [-0.2, -0.15) is 0 Å². The lowest BCUT2D eigenvalue weighted by atomic mass is 9.71. The Balaban J connectivity index is 1.54. The van der Waals surface area contributed by atoms with Gasteiger partial charge < -0.3 is 24.5 Å². The van der Waals surface area contributed by atoms with Crippen LogP contribution in [0, 0.1) is 11.8 Å². The fourth-order valence-corrected chi connectivity index (χ4v) is 9.88. The minimum absolute atomic E-state index is 0.0961. The van der Waals surface area contributed by atoms with Crippen molar-refractivity contribution >= 4 is 40.9 Å². The molecule has 3 fully saturated rings. The first-order chi connectivity index (χ1) is 22.3. The first-order valence-electron chi connectivity index (χ1n) is 16.5. The van der Waals surface area contributed by atoms with Crippen molar-refractivity contribution in [1.82, 2.24) is 4.90 Å². The van der Waals surface area contributed by atoms with Gasteiger partial charge in [0.1, 0.15) is 6.04 Å². The maximum Gasteiger partial charge on any atom is 0.310 e. The monoisotopic (exact) mass is 645 g/mol. The molecule has 9 heteroatoms. The molecule has 0 aliphatic carbocycles. The van der Waals surface area contributed by atoms with Crippen LogP contribution in [0.25, 0.3) is 0 Å². The zero-order chi connectivity index (χ0) is 32.8. The number of aliphatic hydroxyl groups is 1. The third kappa shape index (κ3) is 6.24. The molecule has 1 spiro atoms. The summed E-state index contributed by atoms with van der Waals surface area (Å²) in [4.78, 5) is 48.8. The summed E-state index contributed by atoms with van der Waals surface area (Å²) in [5, 5.41) is 10.7. The first kappa shape index (κ1) is 33.8. The summed E-state index contributed by atoms with van der Waals surface area (Å²) in [6.07, 6.45) is 6.64. The Morgan fingerprint density at radius 1 is 1.09 bits per heavy atom. The molecular formula is C37H47N3O5S. The standard InChI is InChI=1S/C37H47N3O5S/c1-5-9-13-23-45-36(44)31-30-20-21-37(46-30)32(31)34(42)40(29(25-41)24-26-14-11-10-12-15-26)33(37)35(43)39(22-6-2)28-18-16-27(17-19-28)38(7-3)8-4/h5-6,10-12,14-19,29-33,41H,1-2,7-9,13,20-25H2,3-4H3/t29-,30-,31+,32+,33?,37?/m1/s1. The lowest BCUT2D eigenvalue weighted by molar-refractivity contribution is -0.154. The minimum Gasteiger partial charge on any atom is -0.465 e. The summed E-state index contributed by atoms with van der Waals surface area (Å²) in [6.45, 7) is 13.9. The van der Waals surface area contributed by atoms with E-state index in [-0.39, 0.29) is 42.8 Å². The van der Waals surface area contributed by atoms with Crippen molar-refractivity contribution in [2.75, 3.05) is 42.6 Å². The molecule has 3 aliphatic heterocycles. The van der Waals surface area contributed by atoms with Gasteiger partial charge in [-0.15, -0.1) is 24.9 Å². The highest BCUT2D eigenvalue weighted by molar-refractivity contribution is 8.02. The van der Waals surface area contributed by atoms with E-state index in [2.05, 4.69) is 31.9 Å². The lowest BCUT2D eigenvalue weighted by Gasteiger charge is -2.39. The molecule has 0 saturated carbocycles. The van der Waals surface area contributed by atoms with E-state index in [9.17, 15) is 19.5 Å². The Labute approximate surface area is 277 Å². The second-order valence-corrected chi connectivity index (χ2v) is 14.0. The second-order valence-electron chi connectivity index (χ2n) is 12.4. The number of anilines is 2. The summed E-state index contributed by atoms with van der Waals surface area (Å²) >= 11 is 1.61. The third-order valence-electron chi connectivity index (χ3n) is 9.83. The average molecular weight is 646 g/mol. The van der Waals surface area contributed by atoms with Gasteiger partial charge in [0.15, 0.2) is 0 Å². The molecule has 8 nitrogen and oxygen atoms in total. The van der Waals surface area contributed by atoms with Gasteiger partial charge in [0, 0.05) is 36.3 Å². The molecule has 2 amide bonds. The Kier molecular flexibility index (Phi) is 10.9. The maximum atomic E-state index is 15.0. The number of aliphatic hydroxyl groups excluding tert-OH is 1. The van der Waals surface area contributed by atoms with Crippen LogP contribution in [0.15, 0.2) is 79.9 Å². The number of ether oxygens (including phenoxy) is 1. The fraction of sp³-hybridized carbons (Fsp3) is 0.486. The molecule has 3 saturated heterocycles. The summed E-state index contributed by atoms with van der Waals surface area (Å²) < 4.78 is 4.92. The van der Waals surface area contributed by atoms with Gasteiger partial charge in [-0.05, 0) is 75.8 Å². The van der Waals surface area contributed by atoms with Gasteiger partial charge >= 0.3 is 5.97 Å². The van der Waals surface area contributed by atoms with E-state index in [1.807, 2.05) is 54.6 Å². The molecule has 0 aromatic heterocycles. The van der Waals surface area contributed by atoms with Crippen molar-refractivity contribution < 1.29 is 24.2 Å². The van der Waals surface area contributed by atoms with Gasteiger partial charge in [-0.25, -0.2) is 0 Å². The highest BCUT2D eigenvalue weighted by atomic mass is 32.2. The minimum atomic E-state index is -0.859. The summed E-state index contributed by atoms with van der Waals surface area (Å²) in [7, 11) is 0. The Morgan fingerprint density at radius 2 is 1.78 bits per heavy atom. The van der Waals surface area contributed by atoms with Crippen LogP contribution < -0.4 is 9.80 Å². The van der Waals surface area contributed by atoms with E-state index in [1.54, 1.807) is 33.7 Å². The van der Waals surface area contributed by atoms with Gasteiger partial charge in [-0.3, -0.25) is 14.4 Å². The van der Waals surface area contributed by atoms with Gasteiger partial charge in [0.05, 0.1) is 35.8 Å². The number of amides is 2. The Hall–Kier alpha value is -3.56. The van der Waals surface area contributed by atoms with Crippen molar-refractivity contribution in [2.45, 2.75) is 68.0 Å². The highest BCUT2D eigenvalue weighted by Gasteiger charge is 2.74. The van der Waals surface area contributed by atoms with Crippen LogP contribution in [0.1, 0.15) is 45.1 Å². The zero-order valence-electron chi connectivity index (χ0n) is 27.1. The molecule has 2 unspecified atom stereocenters. The number of hydrogen-bond donors (Lipinski definition) is 1. The number of fused-ring (bicyclic) bond motifs is 1. The van der Waals surface area contributed by atoms with Crippen LogP contribution in [0.5, 0.6) is 0 Å². The fourth-order valence-electron chi connectivity index (χ4n) is 7.70. The normalized spacial score (nSPS) is 25.2. The number of carbonyl (C=O) groups is 3. The number of hydrogen-bond acceptors (Lipinski definition) is 7. The van der Waals surface area contributed by atoms with Crippen molar-refractivity contribution in [2.24, 2.45) is 11.8 Å². The summed E-state index contributed by atoms with van der Waals surface area (Å²) in [6, 6.07) is 16.1. The molecule has 2 aromatic rings. The number of esters is 1. The Bertz CT molecular complexity index is 1400. The smallest absolute Gasteiger partial charge is 0.310 e. The SMILES string of the molecule is C=CCCCOC(=O)[C@@H]1[C@H]2C(=O)N([C@@H](CO)Cc3ccccc3)C(C(=O)N(CC=C)c3ccc(N(CC)CC)cc3)C23CC[C@H]1S3. The van der Waals surface area contributed by atoms with Crippen LogP contribution in [-0.4, -0.2) is 82.7 Å². The quantitative estimate of drug-likeness (QED) is 0.151. The number of likely N-dealkylation sites (tertiary alicyclic amines) is 1. The average Bonchev–Trinajstić information content (AvgIpc) is 3.73. The van der Waals surface area contributed by atoms with Crippen LogP contribution in [0.2, 0.25) is 0 Å². The number of nitrogens with zero attached hydrogens (tertiary/aromatic N) is 3. The molecule has 2 aromatic carbocycles. The third-order valence-corrected chi connectivity index (χ3v) is 11.8. The van der Waals surface area contributed by atoms with E-state index in [4.69, 9.17) is 4.74 Å². The first-order valence-corrected chi connectivity index (χ1v) is 17.4. The van der Waals surface area contributed by atoms with E-state index in [0.29, 0.717) is 24.9 Å². The Morgan fingerprint density at radius 3 is 2.41 bits per heavy atom. The highest BCUT2D eigenvalue weighted by Crippen LogP contribution is 2.67. The van der Waals surface area contributed by atoms with E-state index >= 15 is 0 Å². The van der Waals surface area contributed by atoms with E-state index in [1.165, 1.54) is 0 Å². The largest absolute Gasteiger partial charge is 0.465 e. The van der Waals surface area contributed by atoms with E-state index in [0.717, 1.165) is 37.2 Å². The molecule has 2 bridgehead atoms. The van der Waals surface area contributed by atoms with Crippen LogP contribution >= 0.6 is 11.8 Å². The topological polar surface area (TPSA) is 90.4 Å². The van der Waals surface area contributed by atoms with Crippen LogP contribution in [-0.2, 0) is 25.5 Å². The van der Waals surface area contributed by atoms with E-state index < -0.39 is 28.7 Å². The van der Waals surface area contributed by atoms with Crippen molar-refractivity contribution in [1.29, 1.82) is 0 Å². The van der Waals surface area contributed by atoms with Crippen molar-refractivity contribution in [3.63, 3.8) is 0 Å². The lowest BCUT2D eigenvalue weighted by Crippen LogP contribution is -2.58. The molecular weight excluding hydrogens is 598 g/mol. The number of carbonyl (C=O) groups excluding carboxylic acids is 3. The molecule has 5 rings (SSSR count). The molecule has 3 heterocycles. The molecule has 3 aliphatic rings. The van der Waals surface area contributed by atoms with Gasteiger partial charge in [0.25, 0.3) is 5.91 Å². The number of thioether (sulfide) groups is 1. The van der Waals surface area contributed by atoms with Crippen molar-refractivity contribution in [3.05, 3.63) is 85.5 Å². The molecule has 1 N–H and O–H groups in total. The number of benzene rings is 2. The predicted octanol–water partition coefficient (Wildman–Crippen LogP) is 5.26. The maximum absolute atomic E-state index is 15.0. The van der Waals surface area contributed by atoms with Gasteiger partial charge in [0.2, 0.25) is 5.91 Å². The van der Waals surface area contributed by atoms with Crippen molar-refractivity contribution in [3.8, 4) is 0 Å². The molecule has 246 valence electrons. The number of unbranched alkanes of at least 4 members (excludes halogenated alkanes) is 1. The van der Waals surface area contributed by atoms with Crippen LogP contribution in [0.3, 0.4) is 0 Å². The van der Waals surface area contributed by atoms with Crippen LogP contribution in [0.4, 0.5) is 11.4 Å². The predicted molar refractivity (Wildman–Crippen MR) is 185 cm³/mol. The number of allylic oxidation sites excluding steroid dienone is 1.